The van der Waals surface area contributed by atoms with Gasteiger partial charge in [-0.05, 0) is 20.8 Å². The molecule has 2 rings (SSSR count). The van der Waals surface area contributed by atoms with Crippen LogP contribution in [0.5, 0.6) is 0 Å². The van der Waals surface area contributed by atoms with E-state index in [1.807, 2.05) is 17.1 Å². The molecule has 2 heterocycles. The van der Waals surface area contributed by atoms with E-state index in [1.165, 1.54) is 0 Å². The first kappa shape index (κ1) is 11.8. The van der Waals surface area contributed by atoms with Gasteiger partial charge >= 0.3 is 0 Å². The Bertz CT molecular complexity index is 451. The molecule has 6 heteroatoms. The number of hydrogen-bond acceptors (Lipinski definition) is 4. The fraction of sp³-hybridized carbons (Fsp3) is 0.545. The van der Waals surface area contributed by atoms with Gasteiger partial charge in [-0.25, -0.2) is 4.68 Å². The molecular formula is C11H18N6. The zero-order chi connectivity index (χ0) is 12.3. The Kier molecular flexibility index (Phi) is 3.23. The predicted molar refractivity (Wildman–Crippen MR) is 64.1 cm³/mol. The molecule has 0 saturated carbocycles. The van der Waals surface area contributed by atoms with Gasteiger partial charge in [0.25, 0.3) is 0 Å². The monoisotopic (exact) mass is 234 g/mol. The summed E-state index contributed by atoms with van der Waals surface area (Å²) < 4.78 is 1.88. The van der Waals surface area contributed by atoms with Crippen LogP contribution in [0, 0.1) is 0 Å². The summed E-state index contributed by atoms with van der Waals surface area (Å²) in [4.78, 5) is 0. The molecule has 0 fully saturated rings. The molecule has 0 aliphatic rings. The van der Waals surface area contributed by atoms with Gasteiger partial charge in [-0.2, -0.15) is 5.10 Å². The van der Waals surface area contributed by atoms with Crippen LogP contribution in [-0.4, -0.2) is 25.2 Å². The normalized spacial score (nSPS) is 11.9. The first-order valence-electron chi connectivity index (χ1n) is 5.66. The van der Waals surface area contributed by atoms with Crippen molar-refractivity contribution in [3.63, 3.8) is 0 Å². The molecule has 0 bridgehead atoms. The summed E-state index contributed by atoms with van der Waals surface area (Å²) in [7, 11) is 0. The average molecular weight is 234 g/mol. The zero-order valence-corrected chi connectivity index (χ0v) is 10.4. The third-order valence-corrected chi connectivity index (χ3v) is 2.42. The number of nitrogens with one attached hydrogen (secondary N) is 2. The van der Waals surface area contributed by atoms with Crippen LogP contribution in [0.2, 0.25) is 0 Å². The molecule has 2 N–H and O–H groups in total. The van der Waals surface area contributed by atoms with Gasteiger partial charge in [0.2, 0.25) is 0 Å². The SMILES string of the molecule is CC(C)(C)n1cc(CNCc2cn[nH]c2)nn1. The van der Waals surface area contributed by atoms with Gasteiger partial charge in [0, 0.05) is 24.8 Å². The molecule has 2 aromatic heterocycles. The Labute approximate surface area is 100 Å². The van der Waals surface area contributed by atoms with E-state index in [4.69, 9.17) is 0 Å². The van der Waals surface area contributed by atoms with Crippen LogP contribution in [-0.2, 0) is 18.6 Å². The Hall–Kier alpha value is -1.69. The highest BCUT2D eigenvalue weighted by atomic mass is 15.4. The third-order valence-electron chi connectivity index (χ3n) is 2.42. The van der Waals surface area contributed by atoms with Gasteiger partial charge in [-0.1, -0.05) is 5.21 Å². The number of hydrogen-bond donors (Lipinski definition) is 2. The lowest BCUT2D eigenvalue weighted by atomic mass is 10.1. The average Bonchev–Trinajstić information content (AvgIpc) is 2.86. The minimum absolute atomic E-state index is 0.0180. The van der Waals surface area contributed by atoms with Gasteiger partial charge in [0.15, 0.2) is 0 Å². The maximum atomic E-state index is 4.13. The van der Waals surface area contributed by atoms with Crippen molar-refractivity contribution in [1.29, 1.82) is 0 Å². The van der Waals surface area contributed by atoms with Crippen LogP contribution < -0.4 is 5.32 Å². The first-order valence-corrected chi connectivity index (χ1v) is 5.66. The van der Waals surface area contributed by atoms with Crippen LogP contribution in [0.15, 0.2) is 18.6 Å². The van der Waals surface area contributed by atoms with Gasteiger partial charge < -0.3 is 5.32 Å². The lowest BCUT2D eigenvalue weighted by Gasteiger charge is -2.17. The lowest BCUT2D eigenvalue weighted by molar-refractivity contribution is 0.347. The van der Waals surface area contributed by atoms with Crippen molar-refractivity contribution in [2.24, 2.45) is 0 Å². The van der Waals surface area contributed by atoms with Crippen molar-refractivity contribution in [2.45, 2.75) is 39.4 Å². The number of aromatic nitrogens is 5. The van der Waals surface area contributed by atoms with Crippen LogP contribution in [0.4, 0.5) is 0 Å². The summed E-state index contributed by atoms with van der Waals surface area (Å²) in [6.07, 6.45) is 5.65. The van der Waals surface area contributed by atoms with Crippen molar-refractivity contribution < 1.29 is 0 Å². The molecular weight excluding hydrogens is 216 g/mol. The quantitative estimate of drug-likeness (QED) is 0.829. The fourth-order valence-corrected chi connectivity index (χ4v) is 1.42. The molecule has 17 heavy (non-hydrogen) atoms. The summed E-state index contributed by atoms with van der Waals surface area (Å²) >= 11 is 0. The molecule has 0 amide bonds. The van der Waals surface area contributed by atoms with E-state index in [2.05, 4.69) is 46.6 Å². The van der Waals surface area contributed by atoms with Crippen molar-refractivity contribution in [3.8, 4) is 0 Å². The number of rotatable bonds is 4. The molecule has 0 aliphatic heterocycles. The van der Waals surface area contributed by atoms with E-state index in [9.17, 15) is 0 Å². The molecule has 92 valence electrons. The maximum Gasteiger partial charge on any atom is 0.0965 e. The van der Waals surface area contributed by atoms with Gasteiger partial charge in [0.1, 0.15) is 0 Å². The van der Waals surface area contributed by atoms with E-state index < -0.39 is 0 Å². The second-order valence-electron chi connectivity index (χ2n) is 5.04. The van der Waals surface area contributed by atoms with Crippen molar-refractivity contribution >= 4 is 0 Å². The molecule has 0 spiro atoms. The molecule has 0 radical (unpaired) electrons. The van der Waals surface area contributed by atoms with Crippen LogP contribution in [0.3, 0.4) is 0 Å². The summed E-state index contributed by atoms with van der Waals surface area (Å²) in [5, 5.41) is 18.2. The second kappa shape index (κ2) is 4.67. The third kappa shape index (κ3) is 3.13. The topological polar surface area (TPSA) is 71.4 Å². The molecule has 0 unspecified atom stereocenters. The largest absolute Gasteiger partial charge is 0.307 e. The van der Waals surface area contributed by atoms with E-state index in [-0.39, 0.29) is 5.54 Å². The fourth-order valence-electron chi connectivity index (χ4n) is 1.42. The molecule has 0 aromatic carbocycles. The smallest absolute Gasteiger partial charge is 0.0965 e. The van der Waals surface area contributed by atoms with Crippen molar-refractivity contribution in [3.05, 3.63) is 29.8 Å². The standard InChI is InChI=1S/C11H18N6/c1-11(2,3)17-8-10(15-16-17)7-12-4-9-5-13-14-6-9/h5-6,8,12H,4,7H2,1-3H3,(H,13,14). The maximum absolute atomic E-state index is 4.13. The van der Waals surface area contributed by atoms with Gasteiger partial charge in [-0.3, -0.25) is 5.10 Å². The van der Waals surface area contributed by atoms with Crippen molar-refractivity contribution in [1.82, 2.24) is 30.5 Å². The van der Waals surface area contributed by atoms with Gasteiger partial charge in [0.05, 0.1) is 23.6 Å². The molecule has 0 atom stereocenters. The number of nitrogens with zero attached hydrogens (tertiary/aromatic N) is 4. The summed E-state index contributed by atoms with van der Waals surface area (Å²) in [6.45, 7) is 7.79. The minimum atomic E-state index is -0.0180. The number of H-pyrrole nitrogens is 1. The number of aromatic amines is 1. The molecule has 0 saturated heterocycles. The zero-order valence-electron chi connectivity index (χ0n) is 10.4. The van der Waals surface area contributed by atoms with Crippen LogP contribution >= 0.6 is 0 Å². The van der Waals surface area contributed by atoms with E-state index in [0.29, 0.717) is 6.54 Å². The summed E-state index contributed by atoms with van der Waals surface area (Å²) in [6, 6.07) is 0. The highest BCUT2D eigenvalue weighted by Crippen LogP contribution is 2.11. The van der Waals surface area contributed by atoms with Crippen molar-refractivity contribution in [2.75, 3.05) is 0 Å². The highest BCUT2D eigenvalue weighted by Gasteiger charge is 2.14. The van der Waals surface area contributed by atoms with E-state index >= 15 is 0 Å². The van der Waals surface area contributed by atoms with Crippen LogP contribution in [0.1, 0.15) is 32.0 Å². The summed E-state index contributed by atoms with van der Waals surface area (Å²) in [5.74, 6) is 0. The Balaban J connectivity index is 1.85. The Morgan fingerprint density at radius 2 is 2.18 bits per heavy atom. The first-order chi connectivity index (χ1) is 8.05. The molecule has 0 aliphatic carbocycles. The summed E-state index contributed by atoms with van der Waals surface area (Å²) in [5.41, 5.74) is 2.06. The molecule has 2 aromatic rings. The molecule has 6 nitrogen and oxygen atoms in total. The Morgan fingerprint density at radius 1 is 1.35 bits per heavy atom. The second-order valence-corrected chi connectivity index (χ2v) is 5.04. The predicted octanol–water partition coefficient (Wildman–Crippen LogP) is 1.05. The van der Waals surface area contributed by atoms with E-state index in [1.54, 1.807) is 6.20 Å². The van der Waals surface area contributed by atoms with Crippen LogP contribution in [0.25, 0.3) is 0 Å². The highest BCUT2D eigenvalue weighted by molar-refractivity contribution is 5.02. The lowest BCUT2D eigenvalue weighted by Crippen LogP contribution is -2.22. The van der Waals surface area contributed by atoms with Gasteiger partial charge in [-0.15, -0.1) is 5.10 Å². The van der Waals surface area contributed by atoms with E-state index in [0.717, 1.165) is 17.8 Å². The minimum Gasteiger partial charge on any atom is -0.307 e. The Morgan fingerprint density at radius 3 is 2.76 bits per heavy atom.